The van der Waals surface area contributed by atoms with E-state index < -0.39 is 5.91 Å². The first-order valence-electron chi connectivity index (χ1n) is 5.96. The van der Waals surface area contributed by atoms with Crippen LogP contribution in [0.1, 0.15) is 28.9 Å². The first-order valence-corrected chi connectivity index (χ1v) is 5.96. The minimum Gasteiger partial charge on any atom is -0.376 e. The van der Waals surface area contributed by atoms with Crippen LogP contribution in [0.5, 0.6) is 0 Å². The van der Waals surface area contributed by atoms with Gasteiger partial charge in [-0.05, 0) is 31.9 Å². The molecule has 1 fully saturated rings. The number of carbonyl (C=O) groups is 1. The maximum atomic E-state index is 12.2. The molecule has 0 spiro atoms. The van der Waals surface area contributed by atoms with Gasteiger partial charge in [-0.1, -0.05) is 0 Å². The molecule has 1 saturated heterocycles. The normalized spacial score (nSPS) is 18.9. The van der Waals surface area contributed by atoms with Crippen LogP contribution in [0, 0.1) is 6.92 Å². The van der Waals surface area contributed by atoms with E-state index in [0.717, 1.165) is 25.1 Å². The fourth-order valence-electron chi connectivity index (χ4n) is 2.14. The predicted molar refractivity (Wildman–Crippen MR) is 66.1 cm³/mol. The van der Waals surface area contributed by atoms with E-state index in [0.29, 0.717) is 6.54 Å². The first-order chi connectivity index (χ1) is 8.63. The number of nitrogens with one attached hydrogen (secondary N) is 1. The minimum atomic E-state index is -0.568. The SMILES string of the molecule is Cc1ccc(C(=O)NN)c(=O)n1CC1CCCO1. The number of hydrazine groups is 1. The van der Waals surface area contributed by atoms with E-state index in [1.807, 2.05) is 12.3 Å². The van der Waals surface area contributed by atoms with Crippen LogP contribution in [0.15, 0.2) is 16.9 Å². The van der Waals surface area contributed by atoms with E-state index in [4.69, 9.17) is 10.6 Å². The van der Waals surface area contributed by atoms with Crippen LogP contribution >= 0.6 is 0 Å². The van der Waals surface area contributed by atoms with Gasteiger partial charge in [-0.3, -0.25) is 15.0 Å². The fourth-order valence-corrected chi connectivity index (χ4v) is 2.14. The van der Waals surface area contributed by atoms with Crippen molar-refractivity contribution in [1.82, 2.24) is 9.99 Å². The molecule has 1 aliphatic heterocycles. The highest BCUT2D eigenvalue weighted by molar-refractivity contribution is 5.93. The third-order valence-corrected chi connectivity index (χ3v) is 3.18. The van der Waals surface area contributed by atoms with Crippen LogP contribution in [0.3, 0.4) is 0 Å². The summed E-state index contributed by atoms with van der Waals surface area (Å²) in [5.41, 5.74) is 2.52. The van der Waals surface area contributed by atoms with Gasteiger partial charge in [0.2, 0.25) is 0 Å². The second-order valence-corrected chi connectivity index (χ2v) is 4.41. The summed E-state index contributed by atoms with van der Waals surface area (Å²) in [5, 5.41) is 0. The van der Waals surface area contributed by atoms with Crippen molar-refractivity contribution in [3.63, 3.8) is 0 Å². The molecule has 0 aromatic carbocycles. The van der Waals surface area contributed by atoms with Gasteiger partial charge in [0.05, 0.1) is 12.6 Å². The zero-order valence-electron chi connectivity index (χ0n) is 10.3. The minimum absolute atomic E-state index is 0.0533. The molecule has 6 nitrogen and oxygen atoms in total. The lowest BCUT2D eigenvalue weighted by Gasteiger charge is -2.15. The van der Waals surface area contributed by atoms with E-state index in [9.17, 15) is 9.59 Å². The van der Waals surface area contributed by atoms with Gasteiger partial charge in [0.15, 0.2) is 0 Å². The molecule has 0 radical (unpaired) electrons. The second kappa shape index (κ2) is 5.32. The summed E-state index contributed by atoms with van der Waals surface area (Å²) in [6, 6.07) is 3.23. The predicted octanol–water partition coefficient (Wildman–Crippen LogP) is -0.0608. The van der Waals surface area contributed by atoms with E-state index in [1.165, 1.54) is 6.07 Å². The average molecular weight is 251 g/mol. The van der Waals surface area contributed by atoms with Gasteiger partial charge in [-0.15, -0.1) is 0 Å². The number of hydrogen-bond donors (Lipinski definition) is 2. The zero-order chi connectivity index (χ0) is 13.1. The molecule has 1 aromatic rings. The summed E-state index contributed by atoms with van der Waals surface area (Å²) in [6.45, 7) is 3.05. The van der Waals surface area contributed by atoms with Crippen LogP contribution in [0.4, 0.5) is 0 Å². The maximum Gasteiger partial charge on any atom is 0.270 e. The lowest BCUT2D eigenvalue weighted by Crippen LogP contribution is -2.38. The van der Waals surface area contributed by atoms with Gasteiger partial charge in [-0.25, -0.2) is 5.84 Å². The van der Waals surface area contributed by atoms with Crippen molar-refractivity contribution in [3.8, 4) is 0 Å². The third kappa shape index (κ3) is 2.44. The second-order valence-electron chi connectivity index (χ2n) is 4.41. The Labute approximate surface area is 105 Å². The molecule has 1 aliphatic rings. The molecule has 2 rings (SSSR count). The number of pyridine rings is 1. The number of aromatic nitrogens is 1. The number of nitrogens with zero attached hydrogens (tertiary/aromatic N) is 1. The van der Waals surface area contributed by atoms with E-state index in [-0.39, 0.29) is 17.2 Å². The van der Waals surface area contributed by atoms with Crippen molar-refractivity contribution in [1.29, 1.82) is 0 Å². The lowest BCUT2D eigenvalue weighted by atomic mass is 10.2. The van der Waals surface area contributed by atoms with Crippen molar-refractivity contribution in [2.75, 3.05) is 6.61 Å². The number of amides is 1. The summed E-state index contributed by atoms with van der Waals surface area (Å²) in [4.78, 5) is 23.6. The molecule has 1 amide bonds. The molecular formula is C12H17N3O3. The first kappa shape index (κ1) is 12.8. The number of aryl methyl sites for hydroxylation is 1. The Kier molecular flexibility index (Phi) is 3.78. The summed E-state index contributed by atoms with van der Waals surface area (Å²) >= 11 is 0. The van der Waals surface area contributed by atoms with Crippen LogP contribution in [0.25, 0.3) is 0 Å². The van der Waals surface area contributed by atoms with Gasteiger partial charge >= 0.3 is 0 Å². The van der Waals surface area contributed by atoms with Gasteiger partial charge in [0.25, 0.3) is 11.5 Å². The van der Waals surface area contributed by atoms with Crippen molar-refractivity contribution < 1.29 is 9.53 Å². The van der Waals surface area contributed by atoms with Crippen molar-refractivity contribution in [2.45, 2.75) is 32.4 Å². The number of carbonyl (C=O) groups excluding carboxylic acids is 1. The van der Waals surface area contributed by atoms with Crippen LogP contribution in [-0.4, -0.2) is 23.2 Å². The largest absolute Gasteiger partial charge is 0.376 e. The van der Waals surface area contributed by atoms with Crippen LogP contribution in [0.2, 0.25) is 0 Å². The number of rotatable bonds is 3. The molecule has 1 atom stereocenters. The van der Waals surface area contributed by atoms with E-state index >= 15 is 0 Å². The Bertz CT molecular complexity index is 504. The highest BCUT2D eigenvalue weighted by atomic mass is 16.5. The molecule has 3 N–H and O–H groups in total. The Morgan fingerprint density at radius 2 is 2.39 bits per heavy atom. The quantitative estimate of drug-likeness (QED) is 0.447. The van der Waals surface area contributed by atoms with Crippen molar-refractivity contribution >= 4 is 5.91 Å². The average Bonchev–Trinajstić information content (AvgIpc) is 2.86. The van der Waals surface area contributed by atoms with E-state index in [2.05, 4.69) is 0 Å². The molecule has 1 aromatic heterocycles. The number of ether oxygens (including phenoxy) is 1. The molecule has 1 unspecified atom stereocenters. The molecule has 2 heterocycles. The maximum absolute atomic E-state index is 12.2. The smallest absolute Gasteiger partial charge is 0.270 e. The fraction of sp³-hybridized carbons (Fsp3) is 0.500. The Morgan fingerprint density at radius 3 is 3.00 bits per heavy atom. The number of nitrogen functional groups attached to an aromatic ring is 1. The lowest BCUT2D eigenvalue weighted by molar-refractivity contribution is 0.0928. The van der Waals surface area contributed by atoms with Gasteiger partial charge in [-0.2, -0.15) is 0 Å². The summed E-state index contributed by atoms with van der Waals surface area (Å²) in [5.74, 6) is 4.48. The van der Waals surface area contributed by atoms with Gasteiger partial charge in [0.1, 0.15) is 5.56 Å². The summed E-state index contributed by atoms with van der Waals surface area (Å²) < 4.78 is 7.08. The molecule has 0 aliphatic carbocycles. The Morgan fingerprint density at radius 1 is 1.61 bits per heavy atom. The summed E-state index contributed by atoms with van der Waals surface area (Å²) in [7, 11) is 0. The molecule has 0 bridgehead atoms. The molecular weight excluding hydrogens is 234 g/mol. The Balaban J connectivity index is 2.33. The Hall–Kier alpha value is -1.66. The van der Waals surface area contributed by atoms with E-state index in [1.54, 1.807) is 10.6 Å². The zero-order valence-corrected chi connectivity index (χ0v) is 10.3. The highest BCUT2D eigenvalue weighted by Crippen LogP contribution is 2.14. The topological polar surface area (TPSA) is 86.4 Å². The van der Waals surface area contributed by atoms with Crippen LogP contribution in [-0.2, 0) is 11.3 Å². The molecule has 0 saturated carbocycles. The molecule has 18 heavy (non-hydrogen) atoms. The van der Waals surface area contributed by atoms with Crippen molar-refractivity contribution in [3.05, 3.63) is 33.7 Å². The van der Waals surface area contributed by atoms with Crippen LogP contribution < -0.4 is 16.8 Å². The number of hydrogen-bond acceptors (Lipinski definition) is 4. The summed E-state index contributed by atoms with van der Waals surface area (Å²) in [6.07, 6.45) is 2.01. The third-order valence-electron chi connectivity index (χ3n) is 3.18. The number of nitrogens with two attached hydrogens (primary N) is 1. The standard InChI is InChI=1S/C12H17N3O3/c1-8-4-5-10(11(16)14-13)12(17)15(8)7-9-3-2-6-18-9/h4-5,9H,2-3,6-7,13H2,1H3,(H,14,16). The monoisotopic (exact) mass is 251 g/mol. The van der Waals surface area contributed by atoms with Crippen molar-refractivity contribution in [2.24, 2.45) is 5.84 Å². The molecule has 98 valence electrons. The highest BCUT2D eigenvalue weighted by Gasteiger charge is 2.19. The van der Waals surface area contributed by atoms with Gasteiger partial charge < -0.3 is 9.30 Å². The molecule has 6 heteroatoms. The van der Waals surface area contributed by atoms with Gasteiger partial charge in [0, 0.05) is 12.3 Å².